The van der Waals surface area contributed by atoms with Crippen LogP contribution in [0.25, 0.3) is 0 Å². The molecule has 220 valence electrons. The van der Waals surface area contributed by atoms with Gasteiger partial charge in [-0.25, -0.2) is 0 Å². The van der Waals surface area contributed by atoms with Crippen LogP contribution in [0.5, 0.6) is 0 Å². The second kappa shape index (κ2) is 15.3. The van der Waals surface area contributed by atoms with Crippen LogP contribution in [0.1, 0.15) is 70.6 Å². The number of rotatable bonds is 7. The normalized spacial score (nSPS) is 21.2. The van der Waals surface area contributed by atoms with Gasteiger partial charge in [-0.2, -0.15) is 0 Å². The monoisotopic (exact) mass is 581 g/mol. The highest BCUT2D eigenvalue weighted by molar-refractivity contribution is 7.94. The summed E-state index contributed by atoms with van der Waals surface area (Å²) in [6, 6.07) is 31.8. The van der Waals surface area contributed by atoms with Crippen LogP contribution in [0.15, 0.2) is 108 Å². The van der Waals surface area contributed by atoms with Gasteiger partial charge in [-0.15, -0.1) is 4.76 Å². The second-order valence-electron chi connectivity index (χ2n) is 11.8. The lowest BCUT2D eigenvalue weighted by molar-refractivity contribution is -0.133. The highest BCUT2D eigenvalue weighted by Crippen LogP contribution is 2.57. The molecular weight excluding hydrogens is 535 g/mol. The van der Waals surface area contributed by atoms with Crippen molar-refractivity contribution in [1.29, 1.82) is 0 Å². The van der Waals surface area contributed by atoms with Gasteiger partial charge in [0.25, 0.3) is 0 Å². The molecule has 2 atom stereocenters. The number of carbonyl (C=O) groups is 1. The largest absolute Gasteiger partial charge is 0.513 e. The van der Waals surface area contributed by atoms with Crippen molar-refractivity contribution in [1.82, 2.24) is 4.90 Å². The van der Waals surface area contributed by atoms with Crippen molar-refractivity contribution in [2.75, 3.05) is 13.1 Å². The number of carbonyl (C=O) groups excluding carboxylic acids is 1. The molecule has 3 aromatic rings. The zero-order chi connectivity index (χ0) is 29.0. The lowest BCUT2D eigenvalue weighted by Gasteiger charge is -2.27. The maximum absolute atomic E-state index is 14.3. The summed E-state index contributed by atoms with van der Waals surface area (Å²) in [7, 11) is -2.48. The Kier molecular flexibility index (Phi) is 11.0. The van der Waals surface area contributed by atoms with Crippen molar-refractivity contribution >= 4 is 35.4 Å². The van der Waals surface area contributed by atoms with E-state index >= 15 is 0 Å². The summed E-state index contributed by atoms with van der Waals surface area (Å²) < 4.78 is 5.62. The topological polar surface area (TPSA) is 52.9 Å². The summed E-state index contributed by atoms with van der Waals surface area (Å²) in [6.45, 7) is 1.61. The molecule has 5 rings (SSSR count). The molecule has 1 aliphatic carbocycles. The molecule has 0 saturated carbocycles. The van der Waals surface area contributed by atoms with Gasteiger partial charge >= 0.3 is 0 Å². The smallest absolute Gasteiger partial charge is 0.231 e. The second-order valence-corrected chi connectivity index (χ2v) is 14.9. The van der Waals surface area contributed by atoms with Crippen LogP contribution in [0.3, 0.4) is 0 Å². The number of hydrogen-bond acceptors (Lipinski definition) is 3. The number of aliphatic hydroxyl groups is 1. The fourth-order valence-corrected chi connectivity index (χ4v) is 9.97. The first-order valence-electron chi connectivity index (χ1n) is 16.0. The van der Waals surface area contributed by atoms with Crippen molar-refractivity contribution in [3.63, 3.8) is 0 Å². The Balaban J connectivity index is 1.64. The van der Waals surface area contributed by atoms with Gasteiger partial charge < -0.3 is 10.0 Å². The van der Waals surface area contributed by atoms with E-state index < -0.39 is 13.3 Å². The van der Waals surface area contributed by atoms with E-state index in [1.54, 1.807) is 0 Å². The highest BCUT2D eigenvalue weighted by atomic mass is 31.2. The van der Waals surface area contributed by atoms with Gasteiger partial charge in [0.2, 0.25) is 13.3 Å². The van der Waals surface area contributed by atoms with Gasteiger partial charge in [0, 0.05) is 19.5 Å². The Hall–Kier alpha value is -3.23. The third kappa shape index (κ3) is 7.39. The molecule has 1 amide bonds. The first kappa shape index (κ1) is 30.2. The molecule has 1 fully saturated rings. The maximum atomic E-state index is 14.3. The van der Waals surface area contributed by atoms with E-state index in [0.717, 1.165) is 51.6 Å². The highest BCUT2D eigenvalue weighted by Gasteiger charge is 2.46. The summed E-state index contributed by atoms with van der Waals surface area (Å²) in [5.41, 5.74) is 0. The Morgan fingerprint density at radius 2 is 1.19 bits per heavy atom. The van der Waals surface area contributed by atoms with Gasteiger partial charge in [-0.1, -0.05) is 93.1 Å². The van der Waals surface area contributed by atoms with Crippen LogP contribution in [-0.4, -0.2) is 35.2 Å². The van der Waals surface area contributed by atoms with E-state index in [4.69, 9.17) is 4.76 Å². The number of aliphatic hydroxyl groups excluding tert-OH is 1. The predicted molar refractivity (Wildman–Crippen MR) is 179 cm³/mol. The molecule has 2 unspecified atom stereocenters. The van der Waals surface area contributed by atoms with Crippen molar-refractivity contribution in [3.8, 4) is 0 Å². The zero-order valence-electron chi connectivity index (χ0n) is 24.9. The van der Waals surface area contributed by atoms with E-state index in [1.807, 2.05) is 17.2 Å². The zero-order valence-corrected chi connectivity index (χ0v) is 25.8. The minimum atomic E-state index is -2.48. The van der Waals surface area contributed by atoms with E-state index in [9.17, 15) is 9.90 Å². The average molecular weight is 582 g/mol. The van der Waals surface area contributed by atoms with E-state index in [1.165, 1.54) is 41.6 Å². The molecule has 1 aliphatic heterocycles. The minimum absolute atomic E-state index is 0.0782. The molecule has 0 spiro atoms. The molecule has 0 radical (unpaired) electrons. The van der Waals surface area contributed by atoms with E-state index in [2.05, 4.69) is 91.0 Å². The van der Waals surface area contributed by atoms with Crippen molar-refractivity contribution in [3.05, 3.63) is 103 Å². The van der Waals surface area contributed by atoms with E-state index in [-0.39, 0.29) is 11.8 Å². The third-order valence-electron chi connectivity index (χ3n) is 8.83. The number of hydrogen-bond donors (Lipinski definition) is 1. The van der Waals surface area contributed by atoms with Gasteiger partial charge in [-0.05, 0) is 74.1 Å². The Labute approximate surface area is 253 Å². The average Bonchev–Trinajstić information content (AvgIpc) is 3.58. The fraction of sp³-hybridized carbons (Fsp3) is 0.405. The quantitative estimate of drug-likeness (QED) is 0.229. The summed E-state index contributed by atoms with van der Waals surface area (Å²) in [6.07, 6.45) is 15.8. The molecule has 1 saturated heterocycles. The summed E-state index contributed by atoms with van der Waals surface area (Å²) >= 11 is 0. The van der Waals surface area contributed by atoms with Crippen LogP contribution in [-0.2, 0) is 4.79 Å². The van der Waals surface area contributed by atoms with Gasteiger partial charge in [-0.3, -0.25) is 4.79 Å². The molecule has 3 aromatic carbocycles. The molecule has 4 nitrogen and oxygen atoms in total. The van der Waals surface area contributed by atoms with E-state index in [0.29, 0.717) is 12.2 Å². The molecule has 0 bridgehead atoms. The molecule has 1 N–H and O–H groups in total. The molecule has 0 aromatic heterocycles. The standard InChI is InChI=1S/C37H45N2O2P/c40-32-20-10-5-3-1-2-4-9-19-31(29-32)36(37(41)39-27-17-18-28-39)30-38-42(33-21-11-6-12-22-33,34-23-13-7-14-24-34)35-25-15-8-16-26-35/h6-8,11-16,21-26,29-31,36H,1-5,9-10,17-20,27-28H2/p+1/b32-29-,38-30+. The minimum Gasteiger partial charge on any atom is -0.513 e. The number of nitrogens with zero attached hydrogens (tertiary/aromatic N) is 2. The van der Waals surface area contributed by atoms with Crippen LogP contribution in [0, 0.1) is 11.8 Å². The number of likely N-dealkylation sites (tertiary alicyclic amines) is 1. The van der Waals surface area contributed by atoms with Crippen LogP contribution in [0.4, 0.5) is 0 Å². The van der Waals surface area contributed by atoms with Crippen LogP contribution >= 0.6 is 7.41 Å². The van der Waals surface area contributed by atoms with Crippen molar-refractivity contribution < 1.29 is 9.90 Å². The molecular formula is C37H46N2O2P+. The number of benzene rings is 3. The van der Waals surface area contributed by atoms with Gasteiger partial charge in [0.1, 0.15) is 15.9 Å². The molecule has 1 heterocycles. The Morgan fingerprint density at radius 1 is 0.714 bits per heavy atom. The van der Waals surface area contributed by atoms with Crippen LogP contribution < -0.4 is 15.9 Å². The molecule has 2 aliphatic rings. The molecule has 42 heavy (non-hydrogen) atoms. The van der Waals surface area contributed by atoms with Gasteiger partial charge in [0.05, 0.1) is 17.9 Å². The van der Waals surface area contributed by atoms with Crippen molar-refractivity contribution in [2.24, 2.45) is 16.6 Å². The van der Waals surface area contributed by atoms with Crippen LogP contribution in [0.2, 0.25) is 0 Å². The first-order valence-corrected chi connectivity index (χ1v) is 17.7. The van der Waals surface area contributed by atoms with Gasteiger partial charge in [0.15, 0.2) is 0 Å². The first-order chi connectivity index (χ1) is 20.7. The Morgan fingerprint density at radius 3 is 1.71 bits per heavy atom. The molecule has 5 heteroatoms. The lowest BCUT2D eigenvalue weighted by atomic mass is 9.85. The Bertz CT molecular complexity index is 1210. The SMILES string of the molecule is O=C(C(/C=N/[P+](c1ccccc1)(c1ccccc1)c1ccccc1)C1/C=C(\O)CCCCCCCCC1)N1CCCC1. The third-order valence-corrected chi connectivity index (χ3v) is 12.4. The number of amides is 1. The summed E-state index contributed by atoms with van der Waals surface area (Å²) in [5, 5.41) is 14.5. The summed E-state index contributed by atoms with van der Waals surface area (Å²) in [5.74, 6) is 0.0994. The maximum Gasteiger partial charge on any atom is 0.231 e. The number of allylic oxidation sites excluding steroid dienone is 2. The lowest BCUT2D eigenvalue weighted by Crippen LogP contribution is -2.38. The summed E-state index contributed by atoms with van der Waals surface area (Å²) in [4.78, 5) is 16.3. The fourth-order valence-electron chi connectivity index (χ4n) is 6.52. The predicted octanol–water partition coefficient (Wildman–Crippen LogP) is 7.79. The van der Waals surface area contributed by atoms with Crippen molar-refractivity contribution in [2.45, 2.75) is 70.6 Å².